The van der Waals surface area contributed by atoms with E-state index in [1.165, 1.54) is 0 Å². The molecule has 3 aromatic rings. The SMILES string of the molecule is Cc1cccc(C)c1Oc1ccc(N)c(Nc2ccc(C#N)cc2)n1. The third-order valence-electron chi connectivity index (χ3n) is 3.79. The fourth-order valence-electron chi connectivity index (χ4n) is 2.44. The van der Waals surface area contributed by atoms with Gasteiger partial charge in [0.2, 0.25) is 5.88 Å². The number of pyridine rings is 1. The molecular weight excluding hydrogens is 312 g/mol. The van der Waals surface area contributed by atoms with Gasteiger partial charge in [-0.2, -0.15) is 10.2 Å². The molecule has 5 nitrogen and oxygen atoms in total. The lowest BCUT2D eigenvalue weighted by Gasteiger charge is -2.13. The second-order valence-corrected chi connectivity index (χ2v) is 5.72. The van der Waals surface area contributed by atoms with Crippen molar-refractivity contribution in [1.82, 2.24) is 4.98 Å². The van der Waals surface area contributed by atoms with E-state index in [9.17, 15) is 0 Å². The van der Waals surface area contributed by atoms with E-state index in [-0.39, 0.29) is 0 Å². The van der Waals surface area contributed by atoms with Crippen molar-refractivity contribution in [2.45, 2.75) is 13.8 Å². The van der Waals surface area contributed by atoms with Gasteiger partial charge in [-0.3, -0.25) is 0 Å². The average Bonchev–Trinajstić information content (AvgIpc) is 2.61. The third-order valence-corrected chi connectivity index (χ3v) is 3.79. The van der Waals surface area contributed by atoms with E-state index in [0.29, 0.717) is 22.9 Å². The Bertz CT molecular complexity index is 923. The summed E-state index contributed by atoms with van der Waals surface area (Å²) >= 11 is 0. The number of nitriles is 1. The Hall–Kier alpha value is -3.52. The van der Waals surface area contributed by atoms with Crippen LogP contribution in [0.25, 0.3) is 0 Å². The number of hydrogen-bond donors (Lipinski definition) is 2. The summed E-state index contributed by atoms with van der Waals surface area (Å²) in [6.07, 6.45) is 0. The smallest absolute Gasteiger partial charge is 0.221 e. The van der Waals surface area contributed by atoms with E-state index < -0.39 is 0 Å². The van der Waals surface area contributed by atoms with Crippen molar-refractivity contribution in [1.29, 1.82) is 5.26 Å². The molecule has 5 heteroatoms. The Morgan fingerprint density at radius 3 is 2.32 bits per heavy atom. The van der Waals surface area contributed by atoms with Crippen LogP contribution in [0.5, 0.6) is 11.6 Å². The Morgan fingerprint density at radius 1 is 1.00 bits per heavy atom. The zero-order chi connectivity index (χ0) is 17.8. The summed E-state index contributed by atoms with van der Waals surface area (Å²) in [7, 11) is 0. The van der Waals surface area contributed by atoms with Crippen LogP contribution in [-0.2, 0) is 0 Å². The molecule has 124 valence electrons. The molecule has 0 aliphatic carbocycles. The molecule has 25 heavy (non-hydrogen) atoms. The predicted octanol–water partition coefficient (Wildman–Crippen LogP) is 4.69. The van der Waals surface area contributed by atoms with Crippen LogP contribution in [0.4, 0.5) is 17.2 Å². The van der Waals surface area contributed by atoms with Gasteiger partial charge in [0.1, 0.15) is 5.75 Å². The number of aryl methyl sites for hydroxylation is 2. The molecule has 0 aliphatic rings. The van der Waals surface area contributed by atoms with E-state index in [4.69, 9.17) is 15.7 Å². The first-order valence-corrected chi connectivity index (χ1v) is 7.84. The van der Waals surface area contributed by atoms with Crippen molar-refractivity contribution in [2.24, 2.45) is 0 Å². The van der Waals surface area contributed by atoms with Crippen molar-refractivity contribution < 1.29 is 4.74 Å². The molecule has 3 rings (SSSR count). The Labute approximate surface area is 146 Å². The summed E-state index contributed by atoms with van der Waals surface area (Å²) in [6, 6.07) is 18.6. The fraction of sp³-hybridized carbons (Fsp3) is 0.100. The van der Waals surface area contributed by atoms with Gasteiger partial charge in [-0.25, -0.2) is 0 Å². The Morgan fingerprint density at radius 2 is 1.68 bits per heavy atom. The van der Waals surface area contributed by atoms with Gasteiger partial charge in [-0.15, -0.1) is 0 Å². The molecule has 1 heterocycles. The predicted molar refractivity (Wildman–Crippen MR) is 99.1 cm³/mol. The van der Waals surface area contributed by atoms with Gasteiger partial charge in [-0.05, 0) is 55.3 Å². The summed E-state index contributed by atoms with van der Waals surface area (Å²) in [6.45, 7) is 3.99. The molecule has 0 saturated heterocycles. The number of ether oxygens (including phenoxy) is 1. The summed E-state index contributed by atoms with van der Waals surface area (Å²) in [5, 5.41) is 12.0. The van der Waals surface area contributed by atoms with Crippen molar-refractivity contribution in [3.8, 4) is 17.7 Å². The Kier molecular flexibility index (Phi) is 4.53. The quantitative estimate of drug-likeness (QED) is 0.725. The highest BCUT2D eigenvalue weighted by Crippen LogP contribution is 2.30. The van der Waals surface area contributed by atoms with E-state index in [1.54, 1.807) is 36.4 Å². The summed E-state index contributed by atoms with van der Waals surface area (Å²) in [4.78, 5) is 4.46. The van der Waals surface area contributed by atoms with Gasteiger partial charge < -0.3 is 15.8 Å². The monoisotopic (exact) mass is 330 g/mol. The molecule has 0 unspecified atom stereocenters. The highest BCUT2D eigenvalue weighted by Gasteiger charge is 2.09. The lowest BCUT2D eigenvalue weighted by molar-refractivity contribution is 0.457. The number of nitrogens with zero attached hydrogens (tertiary/aromatic N) is 2. The van der Waals surface area contributed by atoms with Gasteiger partial charge >= 0.3 is 0 Å². The van der Waals surface area contributed by atoms with Gasteiger partial charge in [0.15, 0.2) is 5.82 Å². The number of rotatable bonds is 4. The molecule has 0 bridgehead atoms. The van der Waals surface area contributed by atoms with Gasteiger partial charge in [0.25, 0.3) is 0 Å². The maximum atomic E-state index is 8.86. The minimum absolute atomic E-state index is 0.461. The fourth-order valence-corrected chi connectivity index (χ4v) is 2.44. The summed E-state index contributed by atoms with van der Waals surface area (Å²) in [5.41, 5.74) is 10.00. The number of nitrogens with one attached hydrogen (secondary N) is 1. The van der Waals surface area contributed by atoms with E-state index >= 15 is 0 Å². The minimum atomic E-state index is 0.461. The zero-order valence-electron chi connectivity index (χ0n) is 14.1. The Balaban J connectivity index is 1.86. The van der Waals surface area contributed by atoms with Crippen molar-refractivity contribution >= 4 is 17.2 Å². The van der Waals surface area contributed by atoms with Crippen LogP contribution in [0.2, 0.25) is 0 Å². The first kappa shape index (κ1) is 16.3. The zero-order valence-corrected chi connectivity index (χ0v) is 14.1. The molecule has 3 N–H and O–H groups in total. The lowest BCUT2D eigenvalue weighted by atomic mass is 10.1. The van der Waals surface area contributed by atoms with Crippen molar-refractivity contribution in [3.05, 3.63) is 71.3 Å². The number of benzene rings is 2. The molecule has 0 aliphatic heterocycles. The summed E-state index contributed by atoms with van der Waals surface area (Å²) in [5.74, 6) is 1.76. The molecule has 0 spiro atoms. The molecule has 0 fully saturated rings. The topological polar surface area (TPSA) is 84.0 Å². The van der Waals surface area contributed by atoms with E-state index in [0.717, 1.165) is 22.6 Å². The highest BCUT2D eigenvalue weighted by atomic mass is 16.5. The van der Waals surface area contributed by atoms with Crippen LogP contribution in [0, 0.1) is 25.2 Å². The molecule has 0 saturated carbocycles. The first-order chi connectivity index (χ1) is 12.1. The van der Waals surface area contributed by atoms with Gasteiger partial charge in [-0.1, -0.05) is 18.2 Å². The molecular formula is C20H18N4O. The molecule has 0 amide bonds. The average molecular weight is 330 g/mol. The second-order valence-electron chi connectivity index (χ2n) is 5.72. The summed E-state index contributed by atoms with van der Waals surface area (Å²) < 4.78 is 5.96. The van der Waals surface area contributed by atoms with E-state index in [1.807, 2.05) is 32.0 Å². The van der Waals surface area contributed by atoms with E-state index in [2.05, 4.69) is 16.4 Å². The van der Waals surface area contributed by atoms with Crippen LogP contribution in [0.1, 0.15) is 16.7 Å². The number of nitrogen functional groups attached to an aromatic ring is 1. The van der Waals surface area contributed by atoms with Gasteiger partial charge in [0.05, 0.1) is 17.3 Å². The number of anilines is 3. The highest BCUT2D eigenvalue weighted by molar-refractivity contribution is 5.69. The maximum Gasteiger partial charge on any atom is 0.221 e. The van der Waals surface area contributed by atoms with Crippen LogP contribution >= 0.6 is 0 Å². The number of hydrogen-bond acceptors (Lipinski definition) is 5. The van der Waals surface area contributed by atoms with Crippen molar-refractivity contribution in [2.75, 3.05) is 11.1 Å². The van der Waals surface area contributed by atoms with Crippen LogP contribution in [0.3, 0.4) is 0 Å². The van der Waals surface area contributed by atoms with Crippen LogP contribution < -0.4 is 15.8 Å². The number of para-hydroxylation sites is 1. The molecule has 2 aromatic carbocycles. The third kappa shape index (κ3) is 3.70. The van der Waals surface area contributed by atoms with Gasteiger partial charge in [0, 0.05) is 11.8 Å². The first-order valence-electron chi connectivity index (χ1n) is 7.84. The molecule has 1 aromatic heterocycles. The lowest BCUT2D eigenvalue weighted by Crippen LogP contribution is -2.01. The minimum Gasteiger partial charge on any atom is -0.438 e. The second kappa shape index (κ2) is 6.93. The normalized spacial score (nSPS) is 10.1. The largest absolute Gasteiger partial charge is 0.438 e. The van der Waals surface area contributed by atoms with Crippen LogP contribution in [0.15, 0.2) is 54.6 Å². The number of aromatic nitrogens is 1. The standard InChI is InChI=1S/C20H18N4O/c1-13-4-3-5-14(2)19(13)25-18-11-10-17(22)20(24-18)23-16-8-6-15(12-21)7-9-16/h3-11H,22H2,1-2H3,(H,23,24). The van der Waals surface area contributed by atoms with Crippen LogP contribution in [-0.4, -0.2) is 4.98 Å². The maximum absolute atomic E-state index is 8.86. The molecule has 0 atom stereocenters. The number of nitrogens with two attached hydrogens (primary N) is 1. The molecule has 0 radical (unpaired) electrons. The van der Waals surface area contributed by atoms with Crippen molar-refractivity contribution in [3.63, 3.8) is 0 Å².